The van der Waals surface area contributed by atoms with Gasteiger partial charge in [-0.1, -0.05) is 12.0 Å². The average Bonchev–Trinajstić information content (AvgIpc) is 2.45. The maximum Gasteiger partial charge on any atom is 0.246 e. The molecule has 0 saturated carbocycles. The number of halogens is 1. The number of carbonyl (C=O) groups excluding carboxylic acids is 1. The Morgan fingerprint density at radius 2 is 2.27 bits per heavy atom. The molecule has 120 valence electrons. The summed E-state index contributed by atoms with van der Waals surface area (Å²) in [6.45, 7) is 2.33. The Morgan fingerprint density at radius 1 is 1.55 bits per heavy atom. The molecule has 6 nitrogen and oxygen atoms in total. The number of terminal acetylenes is 1. The molecule has 0 heterocycles. The number of rotatable bonds is 6. The molecule has 0 aromatic heterocycles. The lowest BCUT2D eigenvalue weighted by Gasteiger charge is -2.13. The lowest BCUT2D eigenvalue weighted by Crippen LogP contribution is -2.41. The predicted octanol–water partition coefficient (Wildman–Crippen LogP) is 1.16. The summed E-state index contributed by atoms with van der Waals surface area (Å²) in [6, 6.07) is 7.05. The molecule has 0 aliphatic carbocycles. The zero-order chi connectivity index (χ0) is 15.7. The van der Waals surface area contributed by atoms with Crippen molar-refractivity contribution >= 4 is 41.5 Å². The van der Waals surface area contributed by atoms with Crippen molar-refractivity contribution in [2.75, 3.05) is 25.6 Å². The molecule has 1 atom stereocenters. The van der Waals surface area contributed by atoms with Crippen molar-refractivity contribution in [1.82, 2.24) is 5.32 Å². The van der Waals surface area contributed by atoms with Gasteiger partial charge in [-0.3, -0.25) is 4.79 Å². The highest BCUT2D eigenvalue weighted by atomic mass is 127. The van der Waals surface area contributed by atoms with Crippen LogP contribution in [0, 0.1) is 12.3 Å². The van der Waals surface area contributed by atoms with Gasteiger partial charge in [0.15, 0.2) is 5.96 Å². The van der Waals surface area contributed by atoms with E-state index in [0.29, 0.717) is 17.9 Å². The summed E-state index contributed by atoms with van der Waals surface area (Å²) in [5.74, 6) is 2.43. The van der Waals surface area contributed by atoms with Crippen LogP contribution in [0.4, 0.5) is 5.69 Å². The third-order valence-electron chi connectivity index (χ3n) is 2.52. The molecule has 0 bridgehead atoms. The van der Waals surface area contributed by atoms with Crippen LogP contribution in [0.1, 0.15) is 12.5 Å². The van der Waals surface area contributed by atoms with Gasteiger partial charge in [0.1, 0.15) is 6.54 Å². The Morgan fingerprint density at radius 3 is 2.91 bits per heavy atom. The molecule has 0 aliphatic heterocycles. The van der Waals surface area contributed by atoms with Gasteiger partial charge in [0, 0.05) is 24.4 Å². The van der Waals surface area contributed by atoms with Crippen LogP contribution in [0.5, 0.6) is 0 Å². The highest BCUT2D eigenvalue weighted by molar-refractivity contribution is 14.0. The number of methoxy groups -OCH3 is 1. The van der Waals surface area contributed by atoms with E-state index in [1.54, 1.807) is 31.4 Å². The third-order valence-corrected chi connectivity index (χ3v) is 2.52. The number of benzene rings is 1. The normalized spacial score (nSPS) is 11.8. The summed E-state index contributed by atoms with van der Waals surface area (Å²) in [4.78, 5) is 15.7. The summed E-state index contributed by atoms with van der Waals surface area (Å²) in [5.41, 5.74) is 7.00. The number of guanidine groups is 1. The quantitative estimate of drug-likeness (QED) is 0.281. The van der Waals surface area contributed by atoms with Gasteiger partial charge in [-0.05, 0) is 25.1 Å². The van der Waals surface area contributed by atoms with E-state index in [1.807, 2.05) is 6.92 Å². The Balaban J connectivity index is 0.00000441. The topological polar surface area (TPSA) is 88.7 Å². The third kappa shape index (κ3) is 7.85. The van der Waals surface area contributed by atoms with Crippen LogP contribution < -0.4 is 16.4 Å². The number of anilines is 1. The molecule has 1 amide bonds. The second kappa shape index (κ2) is 10.9. The molecule has 0 fully saturated rings. The van der Waals surface area contributed by atoms with Gasteiger partial charge < -0.3 is 21.1 Å². The molecule has 0 aliphatic rings. The number of amides is 1. The molecular weight excluding hydrogens is 395 g/mol. The van der Waals surface area contributed by atoms with Crippen LogP contribution in [-0.4, -0.2) is 38.2 Å². The first kappa shape index (κ1) is 20.2. The predicted molar refractivity (Wildman–Crippen MR) is 99.4 cm³/mol. The zero-order valence-electron chi connectivity index (χ0n) is 12.6. The minimum Gasteiger partial charge on any atom is -0.383 e. The standard InChI is InChI=1S/C15H20N4O2.HI/c1-4-12-6-5-7-13(8-12)19-14(20)9-17-15(16)18-11(2)10-21-3;/h1,5-8,11H,9-10H2,2-3H3,(H,19,20)(H3,16,17,18);1H. The van der Waals surface area contributed by atoms with Crippen molar-refractivity contribution in [1.29, 1.82) is 0 Å². The van der Waals surface area contributed by atoms with Gasteiger partial charge in [-0.25, -0.2) is 4.99 Å². The van der Waals surface area contributed by atoms with E-state index in [1.165, 1.54) is 0 Å². The average molecular weight is 416 g/mol. The van der Waals surface area contributed by atoms with Gasteiger partial charge in [0.05, 0.1) is 6.61 Å². The SMILES string of the molecule is C#Cc1cccc(NC(=O)CN=C(N)NC(C)COC)c1.I. The summed E-state index contributed by atoms with van der Waals surface area (Å²) in [5, 5.41) is 5.62. The Kier molecular flexibility index (Phi) is 9.98. The van der Waals surface area contributed by atoms with Gasteiger partial charge in [-0.2, -0.15) is 0 Å². The van der Waals surface area contributed by atoms with Crippen molar-refractivity contribution in [2.45, 2.75) is 13.0 Å². The summed E-state index contributed by atoms with van der Waals surface area (Å²) in [6.07, 6.45) is 5.30. The number of nitrogens with one attached hydrogen (secondary N) is 2. The Labute approximate surface area is 147 Å². The van der Waals surface area contributed by atoms with E-state index in [-0.39, 0.29) is 48.4 Å². The number of ether oxygens (including phenoxy) is 1. The molecule has 0 radical (unpaired) electrons. The summed E-state index contributed by atoms with van der Waals surface area (Å²) in [7, 11) is 1.60. The first-order chi connectivity index (χ1) is 10.0. The highest BCUT2D eigenvalue weighted by Crippen LogP contribution is 2.09. The van der Waals surface area contributed by atoms with Crippen LogP contribution >= 0.6 is 24.0 Å². The zero-order valence-corrected chi connectivity index (χ0v) is 15.0. The fourth-order valence-corrected chi connectivity index (χ4v) is 1.63. The Hall–Kier alpha value is -1.79. The van der Waals surface area contributed by atoms with E-state index in [9.17, 15) is 4.79 Å². The molecule has 1 unspecified atom stereocenters. The molecule has 1 aromatic carbocycles. The highest BCUT2D eigenvalue weighted by Gasteiger charge is 2.04. The van der Waals surface area contributed by atoms with E-state index in [2.05, 4.69) is 21.5 Å². The number of nitrogens with zero attached hydrogens (tertiary/aromatic N) is 1. The number of hydrogen-bond donors (Lipinski definition) is 3. The van der Waals surface area contributed by atoms with E-state index in [4.69, 9.17) is 16.9 Å². The molecule has 4 N–H and O–H groups in total. The minimum atomic E-state index is -0.270. The Bertz CT molecular complexity index is 555. The fraction of sp³-hybridized carbons (Fsp3) is 0.333. The lowest BCUT2D eigenvalue weighted by molar-refractivity contribution is -0.114. The molecule has 7 heteroatoms. The number of aliphatic imine (C=N–C) groups is 1. The number of carbonyl (C=O) groups is 1. The van der Waals surface area contributed by atoms with Crippen molar-refractivity contribution in [2.24, 2.45) is 10.7 Å². The molecule has 1 aromatic rings. The van der Waals surface area contributed by atoms with Crippen molar-refractivity contribution in [3.05, 3.63) is 29.8 Å². The molecule has 22 heavy (non-hydrogen) atoms. The first-order valence-corrected chi connectivity index (χ1v) is 6.47. The molecule has 0 saturated heterocycles. The van der Waals surface area contributed by atoms with Crippen LogP contribution in [0.25, 0.3) is 0 Å². The van der Waals surface area contributed by atoms with E-state index in [0.717, 1.165) is 0 Å². The van der Waals surface area contributed by atoms with E-state index < -0.39 is 0 Å². The largest absolute Gasteiger partial charge is 0.383 e. The second-order valence-electron chi connectivity index (χ2n) is 4.48. The molecule has 1 rings (SSSR count). The first-order valence-electron chi connectivity index (χ1n) is 6.47. The van der Waals surface area contributed by atoms with Crippen LogP contribution in [0.3, 0.4) is 0 Å². The number of hydrogen-bond acceptors (Lipinski definition) is 3. The van der Waals surface area contributed by atoms with Crippen LogP contribution in [-0.2, 0) is 9.53 Å². The van der Waals surface area contributed by atoms with Gasteiger partial charge in [0.25, 0.3) is 0 Å². The summed E-state index contributed by atoms with van der Waals surface area (Å²) >= 11 is 0. The second-order valence-corrected chi connectivity index (χ2v) is 4.48. The minimum absolute atomic E-state index is 0. The molecular formula is C15H21IN4O2. The number of nitrogens with two attached hydrogens (primary N) is 1. The van der Waals surface area contributed by atoms with Crippen LogP contribution in [0.2, 0.25) is 0 Å². The van der Waals surface area contributed by atoms with Gasteiger partial charge in [-0.15, -0.1) is 30.4 Å². The van der Waals surface area contributed by atoms with Crippen molar-refractivity contribution in [3.8, 4) is 12.3 Å². The lowest BCUT2D eigenvalue weighted by atomic mass is 10.2. The smallest absolute Gasteiger partial charge is 0.246 e. The maximum absolute atomic E-state index is 11.8. The fourth-order valence-electron chi connectivity index (χ4n) is 1.63. The van der Waals surface area contributed by atoms with Crippen molar-refractivity contribution in [3.63, 3.8) is 0 Å². The molecule has 0 spiro atoms. The maximum atomic E-state index is 11.8. The van der Waals surface area contributed by atoms with Crippen molar-refractivity contribution < 1.29 is 9.53 Å². The monoisotopic (exact) mass is 416 g/mol. The van der Waals surface area contributed by atoms with Gasteiger partial charge >= 0.3 is 0 Å². The van der Waals surface area contributed by atoms with Gasteiger partial charge in [0.2, 0.25) is 5.91 Å². The van der Waals surface area contributed by atoms with E-state index >= 15 is 0 Å². The summed E-state index contributed by atoms with van der Waals surface area (Å²) < 4.78 is 4.96. The van der Waals surface area contributed by atoms with Crippen LogP contribution in [0.15, 0.2) is 29.3 Å².